The number of carbonyl (C=O) groups excluding carboxylic acids is 1. The summed E-state index contributed by atoms with van der Waals surface area (Å²) in [6.45, 7) is 0.149. The summed E-state index contributed by atoms with van der Waals surface area (Å²) >= 11 is 0. The normalized spacial score (nSPS) is 17.2. The molecule has 0 bridgehead atoms. The Bertz CT molecular complexity index is 947. The monoisotopic (exact) mass is 394 g/mol. The van der Waals surface area contributed by atoms with Gasteiger partial charge in [-0.1, -0.05) is 0 Å². The Morgan fingerprint density at radius 2 is 1.81 bits per heavy atom. The van der Waals surface area contributed by atoms with Crippen molar-refractivity contribution in [2.24, 2.45) is 0 Å². The molecule has 2 aromatic rings. The number of anilines is 1. The highest BCUT2D eigenvalue weighted by Gasteiger charge is 2.34. The van der Waals surface area contributed by atoms with E-state index in [4.69, 9.17) is 9.47 Å². The van der Waals surface area contributed by atoms with Gasteiger partial charge in [0.05, 0.1) is 14.2 Å². The fraction of sp³-hybridized carbons (Fsp3) is 0.278. The van der Waals surface area contributed by atoms with Gasteiger partial charge in [0.1, 0.15) is 22.2 Å². The van der Waals surface area contributed by atoms with E-state index < -0.39 is 21.9 Å². The second kappa shape index (κ2) is 7.53. The summed E-state index contributed by atoms with van der Waals surface area (Å²) in [4.78, 5) is 13.6. The summed E-state index contributed by atoms with van der Waals surface area (Å²) in [7, 11) is -1.15. The van der Waals surface area contributed by atoms with Crippen LogP contribution in [0.3, 0.4) is 0 Å². The molecule has 0 spiro atoms. The molecule has 2 aromatic carbocycles. The predicted molar refractivity (Wildman–Crippen MR) is 97.0 cm³/mol. The van der Waals surface area contributed by atoms with Gasteiger partial charge >= 0.3 is 0 Å². The molecule has 0 radical (unpaired) electrons. The molecule has 27 heavy (non-hydrogen) atoms. The van der Waals surface area contributed by atoms with E-state index in [0.29, 0.717) is 11.4 Å². The van der Waals surface area contributed by atoms with E-state index >= 15 is 0 Å². The number of benzene rings is 2. The molecule has 0 saturated carbocycles. The molecule has 0 unspecified atom stereocenters. The van der Waals surface area contributed by atoms with Gasteiger partial charge in [-0.15, -0.1) is 0 Å². The SMILES string of the molecule is COc1ccc(OC)c(S(=O)(=O)N[C@@H]2CC(=O)N(c3ccc(F)cc3)C2)c1. The van der Waals surface area contributed by atoms with Crippen molar-refractivity contribution in [3.05, 3.63) is 48.3 Å². The Kier molecular flexibility index (Phi) is 5.33. The van der Waals surface area contributed by atoms with E-state index in [0.717, 1.165) is 0 Å². The van der Waals surface area contributed by atoms with Crippen molar-refractivity contribution < 1.29 is 27.1 Å². The Labute approximate surface area is 156 Å². The van der Waals surface area contributed by atoms with E-state index in [9.17, 15) is 17.6 Å². The highest BCUT2D eigenvalue weighted by atomic mass is 32.2. The Morgan fingerprint density at radius 1 is 1.11 bits per heavy atom. The molecule has 3 rings (SSSR count). The molecule has 1 fully saturated rings. The van der Waals surface area contributed by atoms with Crippen molar-refractivity contribution in [2.75, 3.05) is 25.7 Å². The summed E-state index contributed by atoms with van der Waals surface area (Å²) in [5, 5.41) is 0. The first kappa shape index (κ1) is 19.1. The van der Waals surface area contributed by atoms with Gasteiger partial charge in [0.2, 0.25) is 15.9 Å². The van der Waals surface area contributed by atoms with Crippen LogP contribution >= 0.6 is 0 Å². The molecular formula is C18H19FN2O5S. The molecule has 1 atom stereocenters. The van der Waals surface area contributed by atoms with Crippen LogP contribution < -0.4 is 19.1 Å². The number of halogens is 1. The van der Waals surface area contributed by atoms with Gasteiger partial charge in [0.25, 0.3) is 0 Å². The predicted octanol–water partition coefficient (Wildman–Crippen LogP) is 1.93. The van der Waals surface area contributed by atoms with E-state index in [1.807, 2.05) is 0 Å². The van der Waals surface area contributed by atoms with Gasteiger partial charge in [-0.2, -0.15) is 0 Å². The number of nitrogens with zero attached hydrogens (tertiary/aromatic N) is 1. The molecule has 0 aromatic heterocycles. The summed E-state index contributed by atoms with van der Waals surface area (Å²) in [6, 6.07) is 9.29. The zero-order chi connectivity index (χ0) is 19.6. The highest BCUT2D eigenvalue weighted by Crippen LogP contribution is 2.29. The number of rotatable bonds is 6. The lowest BCUT2D eigenvalue weighted by atomic mass is 10.3. The van der Waals surface area contributed by atoms with Crippen LogP contribution in [0.4, 0.5) is 10.1 Å². The quantitative estimate of drug-likeness (QED) is 0.809. The van der Waals surface area contributed by atoms with Crippen molar-refractivity contribution in [3.8, 4) is 11.5 Å². The minimum Gasteiger partial charge on any atom is -0.497 e. The third-order valence-corrected chi connectivity index (χ3v) is 5.79. The molecule has 1 aliphatic rings. The molecule has 9 heteroatoms. The maximum atomic E-state index is 13.1. The lowest BCUT2D eigenvalue weighted by molar-refractivity contribution is -0.117. The summed E-state index contributed by atoms with van der Waals surface area (Å²) < 4.78 is 51.4. The lowest BCUT2D eigenvalue weighted by Crippen LogP contribution is -2.37. The zero-order valence-electron chi connectivity index (χ0n) is 14.8. The molecule has 1 aliphatic heterocycles. The van der Waals surface area contributed by atoms with Crippen LogP contribution in [-0.4, -0.2) is 41.1 Å². The fourth-order valence-electron chi connectivity index (χ4n) is 2.93. The number of sulfonamides is 1. The topological polar surface area (TPSA) is 84.9 Å². The third kappa shape index (κ3) is 4.04. The molecule has 1 heterocycles. The minimum absolute atomic E-state index is 0.00287. The fourth-order valence-corrected chi connectivity index (χ4v) is 4.35. The first-order valence-electron chi connectivity index (χ1n) is 8.14. The van der Waals surface area contributed by atoms with Gasteiger partial charge in [-0.3, -0.25) is 4.79 Å². The molecule has 1 N–H and O–H groups in total. The Morgan fingerprint density at radius 3 is 2.44 bits per heavy atom. The number of nitrogens with one attached hydrogen (secondary N) is 1. The van der Waals surface area contributed by atoms with Gasteiger partial charge in [-0.25, -0.2) is 17.5 Å². The van der Waals surface area contributed by atoms with Gasteiger partial charge < -0.3 is 14.4 Å². The average Bonchev–Trinajstić information content (AvgIpc) is 3.01. The maximum absolute atomic E-state index is 13.1. The number of amides is 1. The molecule has 144 valence electrons. The molecule has 7 nitrogen and oxygen atoms in total. The molecular weight excluding hydrogens is 375 g/mol. The number of carbonyl (C=O) groups is 1. The van der Waals surface area contributed by atoms with Crippen LogP contribution in [0.15, 0.2) is 47.4 Å². The number of methoxy groups -OCH3 is 2. The summed E-state index contributed by atoms with van der Waals surface area (Å²) in [6.07, 6.45) is 0.00287. The summed E-state index contributed by atoms with van der Waals surface area (Å²) in [5.74, 6) is -0.116. The first-order chi connectivity index (χ1) is 12.8. The Balaban J connectivity index is 1.81. The standard InChI is InChI=1S/C18H19FN2O5S/c1-25-15-7-8-16(26-2)17(10-15)27(23,24)20-13-9-18(22)21(11-13)14-5-3-12(19)4-6-14/h3-8,10,13,20H,9,11H2,1-2H3/t13-/m1/s1. The van der Waals surface area contributed by atoms with Gasteiger partial charge in [0.15, 0.2) is 0 Å². The third-order valence-electron chi connectivity index (χ3n) is 4.25. The molecule has 1 amide bonds. The lowest BCUT2D eigenvalue weighted by Gasteiger charge is -2.18. The van der Waals surface area contributed by atoms with Crippen LogP contribution in [0.25, 0.3) is 0 Å². The van der Waals surface area contributed by atoms with Crippen molar-refractivity contribution in [3.63, 3.8) is 0 Å². The summed E-state index contributed by atoms with van der Waals surface area (Å²) in [5.41, 5.74) is 0.516. The number of ether oxygens (including phenoxy) is 2. The smallest absolute Gasteiger partial charge is 0.244 e. The van der Waals surface area contributed by atoms with Crippen LogP contribution in [0.2, 0.25) is 0 Å². The molecule has 0 aliphatic carbocycles. The first-order valence-corrected chi connectivity index (χ1v) is 9.62. The van der Waals surface area contributed by atoms with E-state index in [2.05, 4.69) is 4.72 Å². The van der Waals surface area contributed by atoms with E-state index in [1.54, 1.807) is 6.07 Å². The van der Waals surface area contributed by atoms with Gasteiger partial charge in [-0.05, 0) is 36.4 Å². The average molecular weight is 394 g/mol. The number of hydrogen-bond acceptors (Lipinski definition) is 5. The minimum atomic E-state index is -3.95. The second-order valence-electron chi connectivity index (χ2n) is 6.02. The number of hydrogen-bond donors (Lipinski definition) is 1. The van der Waals surface area contributed by atoms with Crippen molar-refractivity contribution >= 4 is 21.6 Å². The van der Waals surface area contributed by atoms with Crippen molar-refractivity contribution in [1.82, 2.24) is 4.72 Å². The van der Waals surface area contributed by atoms with Crippen molar-refractivity contribution in [1.29, 1.82) is 0 Å². The van der Waals surface area contributed by atoms with Gasteiger partial charge in [0, 0.05) is 30.8 Å². The van der Waals surface area contributed by atoms with Crippen LogP contribution in [0.1, 0.15) is 6.42 Å². The molecule has 1 saturated heterocycles. The Hall–Kier alpha value is -2.65. The highest BCUT2D eigenvalue weighted by molar-refractivity contribution is 7.89. The second-order valence-corrected chi connectivity index (χ2v) is 7.70. The zero-order valence-corrected chi connectivity index (χ0v) is 15.6. The van der Waals surface area contributed by atoms with E-state index in [1.165, 1.54) is 55.5 Å². The van der Waals surface area contributed by atoms with E-state index in [-0.39, 0.29) is 29.5 Å². The van der Waals surface area contributed by atoms with Crippen LogP contribution in [-0.2, 0) is 14.8 Å². The van der Waals surface area contributed by atoms with Crippen LogP contribution in [0, 0.1) is 5.82 Å². The maximum Gasteiger partial charge on any atom is 0.244 e. The van der Waals surface area contributed by atoms with Crippen LogP contribution in [0.5, 0.6) is 11.5 Å². The van der Waals surface area contributed by atoms with Crippen molar-refractivity contribution in [2.45, 2.75) is 17.4 Å². The largest absolute Gasteiger partial charge is 0.497 e.